The number of rotatable bonds is 2. The monoisotopic (exact) mass is 179 g/mol. The van der Waals surface area contributed by atoms with E-state index in [9.17, 15) is 8.42 Å². The molecule has 11 heavy (non-hydrogen) atoms. The molecule has 1 saturated heterocycles. The van der Waals surface area contributed by atoms with E-state index in [1.165, 1.54) is 0 Å². The summed E-state index contributed by atoms with van der Waals surface area (Å²) in [6.45, 7) is 1.29. The van der Waals surface area contributed by atoms with E-state index in [-0.39, 0.29) is 11.7 Å². The van der Waals surface area contributed by atoms with Crippen LogP contribution in [0.25, 0.3) is 0 Å². The fourth-order valence-corrected chi connectivity index (χ4v) is 2.19. The first-order valence-corrected chi connectivity index (χ1v) is 5.38. The van der Waals surface area contributed by atoms with Gasteiger partial charge in [0.05, 0.1) is 12.4 Å². The molecule has 1 atom stereocenters. The summed E-state index contributed by atoms with van der Waals surface area (Å²) in [6.07, 6.45) is 1.86. The van der Waals surface area contributed by atoms with Crippen molar-refractivity contribution in [2.24, 2.45) is 11.1 Å². The minimum absolute atomic E-state index is 0.0625. The van der Waals surface area contributed by atoms with Crippen molar-refractivity contribution in [3.8, 4) is 0 Å². The van der Waals surface area contributed by atoms with E-state index in [2.05, 4.69) is 0 Å². The molecule has 0 unspecified atom stereocenters. The van der Waals surface area contributed by atoms with Gasteiger partial charge in [-0.15, -0.1) is 0 Å². The number of hydrogen-bond acceptors (Lipinski definition) is 3. The first-order chi connectivity index (χ1) is 5.08. The predicted molar refractivity (Wildman–Crippen MR) is 41.5 cm³/mol. The van der Waals surface area contributed by atoms with Crippen molar-refractivity contribution in [3.05, 3.63) is 0 Å². The van der Waals surface area contributed by atoms with Crippen molar-refractivity contribution in [1.29, 1.82) is 0 Å². The zero-order valence-electron chi connectivity index (χ0n) is 6.32. The first kappa shape index (κ1) is 8.96. The zero-order chi connectivity index (χ0) is 8.32. The van der Waals surface area contributed by atoms with E-state index < -0.39 is 10.0 Å². The highest BCUT2D eigenvalue weighted by Crippen LogP contribution is 2.14. The summed E-state index contributed by atoms with van der Waals surface area (Å²) in [4.78, 5) is 0. The Morgan fingerprint density at radius 3 is 2.73 bits per heavy atom. The average molecular weight is 179 g/mol. The Kier molecular flexibility index (Phi) is 2.86. The fraction of sp³-hybridized carbons (Fsp3) is 1.00. The Hall–Kier alpha value is -0.130. The van der Waals surface area contributed by atoms with Gasteiger partial charge in [-0.25, -0.2) is 13.6 Å². The topological polar surface area (TPSA) is 69.4 Å². The van der Waals surface area contributed by atoms with Crippen LogP contribution >= 0.6 is 0 Å². The van der Waals surface area contributed by atoms with Crippen LogP contribution in [0, 0.1) is 5.92 Å². The van der Waals surface area contributed by atoms with Gasteiger partial charge in [0.2, 0.25) is 10.0 Å². The fourth-order valence-electron chi connectivity index (χ4n) is 1.27. The zero-order valence-corrected chi connectivity index (χ0v) is 7.14. The van der Waals surface area contributed by atoms with Gasteiger partial charge >= 0.3 is 0 Å². The highest BCUT2D eigenvalue weighted by Gasteiger charge is 2.18. The van der Waals surface area contributed by atoms with Crippen molar-refractivity contribution in [3.63, 3.8) is 0 Å². The Morgan fingerprint density at radius 1 is 1.55 bits per heavy atom. The second kappa shape index (κ2) is 3.51. The molecule has 2 N–H and O–H groups in total. The van der Waals surface area contributed by atoms with Gasteiger partial charge in [-0.2, -0.15) is 0 Å². The van der Waals surface area contributed by atoms with E-state index in [4.69, 9.17) is 9.88 Å². The summed E-state index contributed by atoms with van der Waals surface area (Å²) in [6, 6.07) is 0. The number of nitrogens with two attached hydrogens (primary N) is 1. The van der Waals surface area contributed by atoms with Crippen LogP contribution in [-0.2, 0) is 14.8 Å². The molecule has 1 heterocycles. The van der Waals surface area contributed by atoms with Crippen molar-refractivity contribution >= 4 is 10.0 Å². The van der Waals surface area contributed by atoms with Crippen molar-refractivity contribution < 1.29 is 13.2 Å². The maximum absolute atomic E-state index is 10.6. The highest BCUT2D eigenvalue weighted by atomic mass is 32.2. The molecular formula is C6H13NO3S. The molecule has 66 valence electrons. The van der Waals surface area contributed by atoms with Gasteiger partial charge < -0.3 is 4.74 Å². The lowest BCUT2D eigenvalue weighted by atomic mass is 10.1. The maximum Gasteiger partial charge on any atom is 0.209 e. The molecule has 1 aliphatic heterocycles. The van der Waals surface area contributed by atoms with Crippen LogP contribution in [0.3, 0.4) is 0 Å². The minimum Gasteiger partial charge on any atom is -0.381 e. The smallest absolute Gasteiger partial charge is 0.209 e. The number of sulfonamides is 1. The minimum atomic E-state index is -3.30. The van der Waals surface area contributed by atoms with Crippen molar-refractivity contribution in [2.75, 3.05) is 19.0 Å². The molecule has 1 fully saturated rings. The molecule has 0 aromatic rings. The molecule has 5 heteroatoms. The molecule has 0 spiro atoms. The Balaban J connectivity index is 2.36. The van der Waals surface area contributed by atoms with Crippen molar-refractivity contribution in [1.82, 2.24) is 0 Å². The van der Waals surface area contributed by atoms with Gasteiger partial charge in [0.25, 0.3) is 0 Å². The van der Waals surface area contributed by atoms with E-state index in [0.29, 0.717) is 6.61 Å². The lowest BCUT2D eigenvalue weighted by Gasteiger charge is -2.20. The molecular weight excluding hydrogens is 166 g/mol. The Bertz CT molecular complexity index is 206. The number of ether oxygens (including phenoxy) is 1. The van der Waals surface area contributed by atoms with Gasteiger partial charge in [-0.05, 0) is 18.8 Å². The van der Waals surface area contributed by atoms with E-state index >= 15 is 0 Å². The second-order valence-corrected chi connectivity index (χ2v) is 4.57. The molecule has 0 radical (unpaired) electrons. The lowest BCUT2D eigenvalue weighted by molar-refractivity contribution is 0.0626. The molecule has 0 bridgehead atoms. The number of hydrogen-bond donors (Lipinski definition) is 1. The summed E-state index contributed by atoms with van der Waals surface area (Å²) in [7, 11) is -3.30. The Morgan fingerprint density at radius 2 is 2.27 bits per heavy atom. The molecule has 1 rings (SSSR count). The van der Waals surface area contributed by atoms with Crippen LogP contribution in [0.2, 0.25) is 0 Å². The van der Waals surface area contributed by atoms with E-state index in [1.807, 2.05) is 0 Å². The summed E-state index contributed by atoms with van der Waals surface area (Å²) in [5.74, 6) is 0.172. The number of primary sulfonamides is 1. The van der Waals surface area contributed by atoms with Gasteiger partial charge in [-0.1, -0.05) is 0 Å². The predicted octanol–water partition coefficient (Wildman–Crippen LogP) is -0.298. The summed E-state index contributed by atoms with van der Waals surface area (Å²) < 4.78 is 26.4. The molecule has 0 aromatic carbocycles. The standard InChI is InChI=1S/C6H13NO3S/c7-11(8,9)5-6-2-1-3-10-4-6/h6H,1-5H2,(H2,7,8,9)/t6-/m0/s1. The van der Waals surface area contributed by atoms with Crippen LogP contribution < -0.4 is 5.14 Å². The molecule has 0 aromatic heterocycles. The quantitative estimate of drug-likeness (QED) is 0.632. The SMILES string of the molecule is NS(=O)(=O)C[C@H]1CCCOC1. The second-order valence-electron chi connectivity index (χ2n) is 2.91. The molecule has 0 amide bonds. The van der Waals surface area contributed by atoms with E-state index in [0.717, 1.165) is 19.4 Å². The lowest BCUT2D eigenvalue weighted by Crippen LogP contribution is -2.28. The van der Waals surface area contributed by atoms with Gasteiger partial charge in [-0.3, -0.25) is 0 Å². The molecule has 4 nitrogen and oxygen atoms in total. The normalized spacial score (nSPS) is 26.8. The third kappa shape index (κ3) is 3.69. The third-order valence-electron chi connectivity index (χ3n) is 1.72. The average Bonchev–Trinajstić information content (AvgIpc) is 1.85. The van der Waals surface area contributed by atoms with E-state index in [1.54, 1.807) is 0 Å². The largest absolute Gasteiger partial charge is 0.381 e. The highest BCUT2D eigenvalue weighted by molar-refractivity contribution is 7.89. The van der Waals surface area contributed by atoms with Crippen LogP contribution in [-0.4, -0.2) is 27.4 Å². The van der Waals surface area contributed by atoms with Crippen LogP contribution in [0.4, 0.5) is 0 Å². The van der Waals surface area contributed by atoms with Crippen molar-refractivity contribution in [2.45, 2.75) is 12.8 Å². The summed E-state index contributed by atoms with van der Waals surface area (Å²) in [5, 5.41) is 4.88. The van der Waals surface area contributed by atoms with Crippen LogP contribution in [0.1, 0.15) is 12.8 Å². The molecule has 0 saturated carbocycles. The van der Waals surface area contributed by atoms with Gasteiger partial charge in [0.15, 0.2) is 0 Å². The molecule has 0 aliphatic carbocycles. The third-order valence-corrected chi connectivity index (χ3v) is 2.66. The maximum atomic E-state index is 10.6. The Labute approximate surface area is 66.8 Å². The van der Waals surface area contributed by atoms with Crippen LogP contribution in [0.15, 0.2) is 0 Å². The molecule has 1 aliphatic rings. The summed E-state index contributed by atoms with van der Waals surface area (Å²) >= 11 is 0. The first-order valence-electron chi connectivity index (χ1n) is 3.66. The summed E-state index contributed by atoms with van der Waals surface area (Å²) in [5.41, 5.74) is 0. The van der Waals surface area contributed by atoms with Crippen LogP contribution in [0.5, 0.6) is 0 Å². The van der Waals surface area contributed by atoms with Gasteiger partial charge in [0.1, 0.15) is 0 Å². The van der Waals surface area contributed by atoms with Gasteiger partial charge in [0, 0.05) is 6.61 Å².